The van der Waals surface area contributed by atoms with Crippen LogP contribution in [-0.4, -0.2) is 18.8 Å². The maximum absolute atomic E-state index is 5.56. The summed E-state index contributed by atoms with van der Waals surface area (Å²) in [5.74, 6) is 1.79. The van der Waals surface area contributed by atoms with Crippen molar-refractivity contribution in [3.05, 3.63) is 23.4 Å². The van der Waals surface area contributed by atoms with E-state index in [2.05, 4.69) is 39.3 Å². The first kappa shape index (κ1) is 13.8. The fourth-order valence-corrected chi connectivity index (χ4v) is 2.90. The zero-order valence-electron chi connectivity index (χ0n) is 12.9. The summed E-state index contributed by atoms with van der Waals surface area (Å²) in [5.41, 5.74) is 3.73. The van der Waals surface area contributed by atoms with E-state index >= 15 is 0 Å². The van der Waals surface area contributed by atoms with E-state index in [1.54, 1.807) is 14.2 Å². The second-order valence-corrected chi connectivity index (χ2v) is 5.96. The number of hydrogen-bond donors (Lipinski definition) is 0. The first-order valence-corrected chi connectivity index (χ1v) is 6.53. The highest BCUT2D eigenvalue weighted by Crippen LogP contribution is 2.43. The Morgan fingerprint density at radius 2 is 1.53 bits per heavy atom. The quantitative estimate of drug-likeness (QED) is 0.821. The van der Waals surface area contributed by atoms with E-state index < -0.39 is 0 Å². The third-order valence-corrected chi connectivity index (χ3v) is 3.74. The molecule has 1 aromatic heterocycles. The zero-order valence-corrected chi connectivity index (χ0v) is 12.9. The minimum atomic E-state index is 0.0588. The Kier molecular flexibility index (Phi) is 3.25. The van der Waals surface area contributed by atoms with Crippen molar-refractivity contribution in [2.75, 3.05) is 14.2 Å². The molecular weight excluding hydrogens is 238 g/mol. The van der Waals surface area contributed by atoms with Gasteiger partial charge in [-0.15, -0.1) is 0 Å². The standard InChI is InChI=1S/C16H23NO2/c1-10-14(16(2,3)4)13-11(18-6)8-9-12(19-7)15(13)17(10)5/h8-9H,1-7H3. The van der Waals surface area contributed by atoms with Gasteiger partial charge in [-0.25, -0.2) is 0 Å². The van der Waals surface area contributed by atoms with E-state index in [1.165, 1.54) is 11.3 Å². The summed E-state index contributed by atoms with van der Waals surface area (Å²) in [5, 5.41) is 1.16. The molecule has 0 radical (unpaired) electrons. The van der Waals surface area contributed by atoms with Crippen LogP contribution in [0, 0.1) is 6.92 Å². The van der Waals surface area contributed by atoms with Crippen molar-refractivity contribution in [3.8, 4) is 11.5 Å². The average molecular weight is 261 g/mol. The number of fused-ring (bicyclic) bond motifs is 1. The molecule has 3 heteroatoms. The fraction of sp³-hybridized carbons (Fsp3) is 0.500. The van der Waals surface area contributed by atoms with Crippen LogP contribution in [0.25, 0.3) is 10.9 Å². The highest BCUT2D eigenvalue weighted by Gasteiger charge is 2.27. The van der Waals surface area contributed by atoms with E-state index in [9.17, 15) is 0 Å². The van der Waals surface area contributed by atoms with Gasteiger partial charge in [0, 0.05) is 18.1 Å². The summed E-state index contributed by atoms with van der Waals surface area (Å²) >= 11 is 0. The molecule has 0 bridgehead atoms. The summed E-state index contributed by atoms with van der Waals surface area (Å²) in [6.07, 6.45) is 0. The van der Waals surface area contributed by atoms with Crippen LogP contribution in [0.15, 0.2) is 12.1 Å². The zero-order chi connectivity index (χ0) is 14.4. The summed E-state index contributed by atoms with van der Waals surface area (Å²) in [6.45, 7) is 8.84. The van der Waals surface area contributed by atoms with Gasteiger partial charge in [0.25, 0.3) is 0 Å². The van der Waals surface area contributed by atoms with Crippen molar-refractivity contribution < 1.29 is 9.47 Å². The summed E-state index contributed by atoms with van der Waals surface area (Å²) < 4.78 is 13.3. The molecule has 2 rings (SSSR count). The first-order valence-electron chi connectivity index (χ1n) is 6.53. The Bertz CT molecular complexity index is 618. The van der Waals surface area contributed by atoms with E-state index in [4.69, 9.17) is 9.47 Å². The van der Waals surface area contributed by atoms with Crippen LogP contribution in [-0.2, 0) is 12.5 Å². The van der Waals surface area contributed by atoms with Crippen molar-refractivity contribution >= 4 is 10.9 Å². The van der Waals surface area contributed by atoms with Gasteiger partial charge in [-0.1, -0.05) is 20.8 Å². The van der Waals surface area contributed by atoms with Crippen LogP contribution < -0.4 is 9.47 Å². The van der Waals surface area contributed by atoms with Gasteiger partial charge in [0.2, 0.25) is 0 Å². The van der Waals surface area contributed by atoms with Crippen LogP contribution in [0.1, 0.15) is 32.0 Å². The molecule has 0 amide bonds. The van der Waals surface area contributed by atoms with Crippen molar-refractivity contribution in [3.63, 3.8) is 0 Å². The number of aryl methyl sites for hydroxylation is 1. The number of rotatable bonds is 2. The molecule has 1 heterocycles. The summed E-state index contributed by atoms with van der Waals surface area (Å²) in [4.78, 5) is 0. The molecule has 19 heavy (non-hydrogen) atoms. The van der Waals surface area contributed by atoms with Gasteiger partial charge in [-0.2, -0.15) is 0 Å². The molecule has 0 atom stereocenters. The van der Waals surface area contributed by atoms with Gasteiger partial charge < -0.3 is 14.0 Å². The van der Waals surface area contributed by atoms with Crippen LogP contribution >= 0.6 is 0 Å². The Morgan fingerprint density at radius 3 is 2.00 bits per heavy atom. The molecule has 0 fully saturated rings. The van der Waals surface area contributed by atoms with E-state index in [0.717, 1.165) is 22.4 Å². The van der Waals surface area contributed by atoms with Gasteiger partial charge in [0.15, 0.2) is 0 Å². The van der Waals surface area contributed by atoms with E-state index in [-0.39, 0.29) is 5.41 Å². The molecule has 0 saturated heterocycles. The van der Waals surface area contributed by atoms with Gasteiger partial charge in [0.05, 0.1) is 19.7 Å². The molecule has 0 aliphatic rings. The Balaban J connectivity index is 3.01. The van der Waals surface area contributed by atoms with Crippen LogP contribution in [0.2, 0.25) is 0 Å². The molecule has 3 nitrogen and oxygen atoms in total. The second-order valence-electron chi connectivity index (χ2n) is 5.96. The average Bonchev–Trinajstić information content (AvgIpc) is 2.61. The number of aromatic nitrogens is 1. The van der Waals surface area contributed by atoms with Gasteiger partial charge in [0.1, 0.15) is 11.5 Å². The first-order chi connectivity index (χ1) is 8.82. The molecule has 0 aliphatic carbocycles. The highest BCUT2D eigenvalue weighted by molar-refractivity contribution is 5.96. The van der Waals surface area contributed by atoms with Crippen LogP contribution in [0.5, 0.6) is 11.5 Å². The molecular formula is C16H23NO2. The topological polar surface area (TPSA) is 23.4 Å². The number of hydrogen-bond acceptors (Lipinski definition) is 2. The molecule has 0 N–H and O–H groups in total. The SMILES string of the molecule is COc1ccc(OC)c2c1c(C(C)(C)C)c(C)n2C. The summed E-state index contributed by atoms with van der Waals surface area (Å²) in [6, 6.07) is 3.95. The van der Waals surface area contributed by atoms with Crippen LogP contribution in [0.3, 0.4) is 0 Å². The lowest BCUT2D eigenvalue weighted by molar-refractivity contribution is 0.409. The Hall–Kier alpha value is -1.64. The minimum Gasteiger partial charge on any atom is -0.496 e. The third kappa shape index (κ3) is 1.97. The number of ether oxygens (including phenoxy) is 2. The summed E-state index contributed by atoms with van der Waals surface area (Å²) in [7, 11) is 5.51. The largest absolute Gasteiger partial charge is 0.496 e. The van der Waals surface area contributed by atoms with Gasteiger partial charge >= 0.3 is 0 Å². The number of nitrogens with zero attached hydrogens (tertiary/aromatic N) is 1. The molecule has 1 aromatic carbocycles. The third-order valence-electron chi connectivity index (χ3n) is 3.74. The lowest BCUT2D eigenvalue weighted by atomic mass is 9.84. The van der Waals surface area contributed by atoms with Crippen molar-refractivity contribution in [1.82, 2.24) is 4.57 Å². The monoisotopic (exact) mass is 261 g/mol. The number of methoxy groups -OCH3 is 2. The lowest BCUT2D eigenvalue weighted by Gasteiger charge is -2.20. The lowest BCUT2D eigenvalue weighted by Crippen LogP contribution is -2.13. The van der Waals surface area contributed by atoms with E-state index in [0.29, 0.717) is 0 Å². The number of benzene rings is 1. The maximum Gasteiger partial charge on any atom is 0.143 e. The van der Waals surface area contributed by atoms with Crippen molar-refractivity contribution in [1.29, 1.82) is 0 Å². The molecule has 0 aliphatic heterocycles. The molecule has 104 valence electrons. The molecule has 0 unspecified atom stereocenters. The Labute approximate surface area is 115 Å². The van der Waals surface area contributed by atoms with Gasteiger partial charge in [-0.05, 0) is 30.0 Å². The minimum absolute atomic E-state index is 0.0588. The van der Waals surface area contributed by atoms with E-state index in [1.807, 2.05) is 12.1 Å². The van der Waals surface area contributed by atoms with Crippen LogP contribution in [0.4, 0.5) is 0 Å². The maximum atomic E-state index is 5.56. The highest BCUT2D eigenvalue weighted by atomic mass is 16.5. The van der Waals surface area contributed by atoms with Gasteiger partial charge in [-0.3, -0.25) is 0 Å². The second kappa shape index (κ2) is 4.48. The predicted molar refractivity (Wildman–Crippen MR) is 79.5 cm³/mol. The molecule has 2 aromatic rings. The fourth-order valence-electron chi connectivity index (χ4n) is 2.90. The van der Waals surface area contributed by atoms with Crippen molar-refractivity contribution in [2.24, 2.45) is 7.05 Å². The molecule has 0 spiro atoms. The smallest absolute Gasteiger partial charge is 0.143 e. The van der Waals surface area contributed by atoms with Crippen molar-refractivity contribution in [2.45, 2.75) is 33.1 Å². The normalized spacial score (nSPS) is 11.9. The molecule has 0 saturated carbocycles. The predicted octanol–water partition coefficient (Wildman–Crippen LogP) is 3.80. The Morgan fingerprint density at radius 1 is 1.00 bits per heavy atom.